The SMILES string of the molecule is CNS(=O)(=O)c1cc(C(=O)NNC(=O)c2ccccn2)ccc1Cl. The number of carbonyl (C=O) groups excluding carboxylic acids is 2. The van der Waals surface area contributed by atoms with E-state index in [9.17, 15) is 18.0 Å². The van der Waals surface area contributed by atoms with E-state index in [-0.39, 0.29) is 21.2 Å². The Kier molecular flexibility index (Phi) is 5.50. The minimum absolute atomic E-state index is 0.00884. The smallest absolute Gasteiger partial charge is 0.267 e. The largest absolute Gasteiger partial charge is 0.288 e. The number of hydrogen-bond acceptors (Lipinski definition) is 5. The van der Waals surface area contributed by atoms with Crippen LogP contribution >= 0.6 is 11.6 Å². The molecule has 3 N–H and O–H groups in total. The standard InChI is InChI=1S/C14H13ClN4O4S/c1-16-24(22,23)12-8-9(5-6-10(12)15)13(20)18-19-14(21)11-4-2-3-7-17-11/h2-8,16H,1H3,(H,18,20)(H,19,21). The summed E-state index contributed by atoms with van der Waals surface area (Å²) in [5, 5.41) is -0.0292. The molecule has 0 aliphatic carbocycles. The van der Waals surface area contributed by atoms with Crippen LogP contribution in [0.3, 0.4) is 0 Å². The second-order valence-electron chi connectivity index (χ2n) is 4.48. The summed E-state index contributed by atoms with van der Waals surface area (Å²) in [6, 6.07) is 8.46. The lowest BCUT2D eigenvalue weighted by Crippen LogP contribution is -2.42. The van der Waals surface area contributed by atoms with Gasteiger partial charge in [-0.15, -0.1) is 0 Å². The Morgan fingerprint density at radius 3 is 2.42 bits per heavy atom. The molecule has 2 rings (SSSR count). The molecule has 0 atom stereocenters. The molecule has 126 valence electrons. The second kappa shape index (κ2) is 7.39. The average Bonchev–Trinajstić information content (AvgIpc) is 2.60. The molecule has 0 aliphatic rings. The van der Waals surface area contributed by atoms with Crippen LogP contribution in [-0.2, 0) is 10.0 Å². The lowest BCUT2D eigenvalue weighted by atomic mass is 10.2. The molecule has 0 saturated heterocycles. The molecule has 1 aromatic heterocycles. The Morgan fingerprint density at radius 1 is 1.08 bits per heavy atom. The maximum Gasteiger partial charge on any atom is 0.288 e. The predicted molar refractivity (Wildman–Crippen MR) is 86.9 cm³/mol. The van der Waals surface area contributed by atoms with E-state index in [1.807, 2.05) is 0 Å². The van der Waals surface area contributed by atoms with Gasteiger partial charge in [-0.3, -0.25) is 25.4 Å². The van der Waals surface area contributed by atoms with Gasteiger partial charge in [0, 0.05) is 11.8 Å². The van der Waals surface area contributed by atoms with Crippen molar-refractivity contribution >= 4 is 33.4 Å². The van der Waals surface area contributed by atoms with Crippen LogP contribution in [0.4, 0.5) is 0 Å². The van der Waals surface area contributed by atoms with Gasteiger partial charge < -0.3 is 0 Å². The number of hydrogen-bond donors (Lipinski definition) is 3. The summed E-state index contributed by atoms with van der Waals surface area (Å²) in [5.74, 6) is -1.32. The van der Waals surface area contributed by atoms with E-state index < -0.39 is 21.8 Å². The Balaban J connectivity index is 2.13. The van der Waals surface area contributed by atoms with Crippen molar-refractivity contribution in [3.63, 3.8) is 0 Å². The highest BCUT2D eigenvalue weighted by atomic mass is 35.5. The molecule has 0 spiro atoms. The van der Waals surface area contributed by atoms with E-state index >= 15 is 0 Å². The second-order valence-corrected chi connectivity index (χ2v) is 6.74. The van der Waals surface area contributed by atoms with Crippen molar-refractivity contribution in [3.05, 3.63) is 58.9 Å². The fraction of sp³-hybridized carbons (Fsp3) is 0.0714. The van der Waals surface area contributed by atoms with Crippen molar-refractivity contribution in [1.29, 1.82) is 0 Å². The molecular weight excluding hydrogens is 356 g/mol. The first-order chi connectivity index (χ1) is 11.3. The first-order valence-corrected chi connectivity index (χ1v) is 8.46. The maximum absolute atomic E-state index is 12.1. The summed E-state index contributed by atoms with van der Waals surface area (Å²) in [7, 11) is -2.59. The number of benzene rings is 1. The summed E-state index contributed by atoms with van der Waals surface area (Å²) in [5.41, 5.74) is 4.49. The number of hydrazine groups is 1. The monoisotopic (exact) mass is 368 g/mol. The highest BCUT2D eigenvalue weighted by Crippen LogP contribution is 2.22. The zero-order chi connectivity index (χ0) is 17.7. The number of halogens is 1. The molecule has 2 amide bonds. The topological polar surface area (TPSA) is 117 Å². The van der Waals surface area contributed by atoms with Gasteiger partial charge in [-0.25, -0.2) is 13.1 Å². The average molecular weight is 369 g/mol. The molecule has 0 bridgehead atoms. The van der Waals surface area contributed by atoms with E-state index in [1.54, 1.807) is 12.1 Å². The Bertz CT molecular complexity index is 872. The number of aromatic nitrogens is 1. The molecule has 0 fully saturated rings. The summed E-state index contributed by atoms with van der Waals surface area (Å²) < 4.78 is 25.8. The number of nitrogens with one attached hydrogen (secondary N) is 3. The van der Waals surface area contributed by atoms with Crippen LogP contribution < -0.4 is 15.6 Å². The number of carbonyl (C=O) groups is 2. The lowest BCUT2D eigenvalue weighted by molar-refractivity contribution is 0.0844. The Labute approximate surface area is 143 Å². The third kappa shape index (κ3) is 4.07. The van der Waals surface area contributed by atoms with Crippen LogP contribution in [0.15, 0.2) is 47.5 Å². The molecule has 1 heterocycles. The van der Waals surface area contributed by atoms with Crippen molar-refractivity contribution in [1.82, 2.24) is 20.6 Å². The quantitative estimate of drug-likeness (QED) is 0.687. The molecule has 0 unspecified atom stereocenters. The lowest BCUT2D eigenvalue weighted by Gasteiger charge is -2.09. The van der Waals surface area contributed by atoms with Crippen LogP contribution in [-0.4, -0.2) is 32.3 Å². The van der Waals surface area contributed by atoms with Crippen molar-refractivity contribution in [2.45, 2.75) is 4.90 Å². The van der Waals surface area contributed by atoms with E-state index in [0.29, 0.717) is 0 Å². The molecule has 1 aromatic carbocycles. The first-order valence-electron chi connectivity index (χ1n) is 6.60. The molecule has 2 aromatic rings. The van der Waals surface area contributed by atoms with Crippen molar-refractivity contribution in [2.75, 3.05) is 7.05 Å². The highest BCUT2D eigenvalue weighted by Gasteiger charge is 2.19. The van der Waals surface area contributed by atoms with Gasteiger partial charge >= 0.3 is 0 Å². The van der Waals surface area contributed by atoms with Crippen molar-refractivity contribution in [2.24, 2.45) is 0 Å². The molecule has 10 heteroatoms. The molecule has 24 heavy (non-hydrogen) atoms. The van der Waals surface area contributed by atoms with Gasteiger partial charge in [0.05, 0.1) is 5.02 Å². The normalized spacial score (nSPS) is 10.9. The van der Waals surface area contributed by atoms with E-state index in [1.165, 1.54) is 31.4 Å². The van der Waals surface area contributed by atoms with Gasteiger partial charge in [-0.1, -0.05) is 17.7 Å². The van der Waals surface area contributed by atoms with Gasteiger partial charge in [-0.05, 0) is 37.4 Å². The van der Waals surface area contributed by atoms with E-state index in [0.717, 1.165) is 6.07 Å². The third-order valence-corrected chi connectivity index (χ3v) is 4.83. The van der Waals surface area contributed by atoms with Crippen LogP contribution in [0.2, 0.25) is 5.02 Å². The third-order valence-electron chi connectivity index (χ3n) is 2.94. The molecule has 0 radical (unpaired) electrons. The molecule has 0 aliphatic heterocycles. The first kappa shape index (κ1) is 17.9. The van der Waals surface area contributed by atoms with Crippen molar-refractivity contribution in [3.8, 4) is 0 Å². The van der Waals surface area contributed by atoms with Gasteiger partial charge in [0.25, 0.3) is 11.8 Å². The van der Waals surface area contributed by atoms with Crippen LogP contribution in [0.1, 0.15) is 20.8 Å². The number of sulfonamides is 1. The Hall–Kier alpha value is -2.49. The minimum Gasteiger partial charge on any atom is -0.267 e. The fourth-order valence-corrected chi connectivity index (χ4v) is 2.96. The van der Waals surface area contributed by atoms with Gasteiger partial charge in [0.15, 0.2) is 0 Å². The predicted octanol–water partition coefficient (Wildman–Crippen LogP) is 0.718. The molecular formula is C14H13ClN4O4S. The summed E-state index contributed by atoms with van der Waals surface area (Å²) in [6.07, 6.45) is 1.44. The summed E-state index contributed by atoms with van der Waals surface area (Å²) >= 11 is 5.84. The fourth-order valence-electron chi connectivity index (χ4n) is 1.71. The van der Waals surface area contributed by atoms with E-state index in [2.05, 4.69) is 20.6 Å². The summed E-state index contributed by atoms with van der Waals surface area (Å²) in [6.45, 7) is 0. The summed E-state index contributed by atoms with van der Waals surface area (Å²) in [4.78, 5) is 27.4. The van der Waals surface area contributed by atoms with Crippen molar-refractivity contribution < 1.29 is 18.0 Å². The number of pyridine rings is 1. The minimum atomic E-state index is -3.82. The maximum atomic E-state index is 12.1. The van der Waals surface area contributed by atoms with Gasteiger partial charge in [-0.2, -0.15) is 0 Å². The van der Waals surface area contributed by atoms with E-state index in [4.69, 9.17) is 11.6 Å². The number of nitrogens with zero attached hydrogens (tertiary/aromatic N) is 1. The molecule has 8 nitrogen and oxygen atoms in total. The Morgan fingerprint density at radius 2 is 1.79 bits per heavy atom. The van der Waals surface area contributed by atoms with Crippen LogP contribution in [0.5, 0.6) is 0 Å². The zero-order valence-corrected chi connectivity index (χ0v) is 14.0. The van der Waals surface area contributed by atoms with Gasteiger partial charge in [0.2, 0.25) is 10.0 Å². The van der Waals surface area contributed by atoms with Crippen LogP contribution in [0, 0.1) is 0 Å². The molecule has 0 saturated carbocycles. The number of rotatable bonds is 4. The highest BCUT2D eigenvalue weighted by molar-refractivity contribution is 7.89. The van der Waals surface area contributed by atoms with Crippen LogP contribution in [0.25, 0.3) is 0 Å². The van der Waals surface area contributed by atoms with Gasteiger partial charge in [0.1, 0.15) is 10.6 Å². The zero-order valence-electron chi connectivity index (χ0n) is 12.4. The number of amides is 2.